The molecule has 1 fully saturated rings. The summed E-state index contributed by atoms with van der Waals surface area (Å²) >= 11 is 3.25. The fraction of sp³-hybridized carbons (Fsp3) is 0.500. The molecule has 0 atom stereocenters. The average molecular weight is 374 g/mol. The van der Waals surface area contributed by atoms with Gasteiger partial charge in [0.25, 0.3) is 0 Å². The van der Waals surface area contributed by atoms with Crippen LogP contribution in [0.5, 0.6) is 5.75 Å². The Hall–Kier alpha value is -1.67. The van der Waals surface area contributed by atoms with Crippen molar-refractivity contribution in [2.45, 2.75) is 25.4 Å². The summed E-state index contributed by atoms with van der Waals surface area (Å²) in [6, 6.07) is 4.36. The average Bonchev–Trinajstić information content (AvgIpc) is 2.48. The smallest absolute Gasteiger partial charge is 0.350 e. The van der Waals surface area contributed by atoms with Crippen molar-refractivity contribution in [3.05, 3.63) is 32.8 Å². The predicted octanol–water partition coefficient (Wildman–Crippen LogP) is 2.85. The van der Waals surface area contributed by atoms with Gasteiger partial charge in [0.05, 0.1) is 24.7 Å². The van der Waals surface area contributed by atoms with Crippen LogP contribution in [-0.4, -0.2) is 36.3 Å². The first kappa shape index (κ1) is 16.7. The largest absolute Gasteiger partial charge is 0.468 e. The van der Waals surface area contributed by atoms with Gasteiger partial charge in [0.15, 0.2) is 5.75 Å². The minimum absolute atomic E-state index is 0.0364. The van der Waals surface area contributed by atoms with Crippen LogP contribution < -0.4 is 4.74 Å². The quantitative estimate of drug-likeness (QED) is 0.447. The Labute approximate surface area is 135 Å². The summed E-state index contributed by atoms with van der Waals surface area (Å²) in [7, 11) is 0. The minimum atomic E-state index is -1.25. The van der Waals surface area contributed by atoms with Crippen LogP contribution in [0, 0.1) is 10.1 Å². The molecule has 0 amide bonds. The summed E-state index contributed by atoms with van der Waals surface area (Å²) in [6.45, 7) is 2.58. The highest BCUT2D eigenvalue weighted by atomic mass is 79.9. The number of benzene rings is 1. The predicted molar refractivity (Wildman–Crippen MR) is 80.8 cm³/mol. The Morgan fingerprint density at radius 1 is 1.45 bits per heavy atom. The molecule has 1 saturated heterocycles. The van der Waals surface area contributed by atoms with Crippen molar-refractivity contribution in [3.63, 3.8) is 0 Å². The number of carbonyl (C=O) groups is 1. The number of ether oxygens (including phenoxy) is 3. The Kier molecular flexibility index (Phi) is 5.36. The first-order valence-electron chi connectivity index (χ1n) is 6.86. The SMILES string of the molecule is CCOC(=O)C1(Oc2cc(Br)ccc2[N+](=O)[O-])CCOCC1. The van der Waals surface area contributed by atoms with Crippen LogP contribution in [0.2, 0.25) is 0 Å². The zero-order valence-corrected chi connectivity index (χ0v) is 13.6. The maximum absolute atomic E-state index is 12.3. The molecule has 1 aliphatic heterocycles. The number of esters is 1. The van der Waals surface area contributed by atoms with Crippen molar-refractivity contribution in [1.82, 2.24) is 0 Å². The number of rotatable bonds is 5. The molecular formula is C14H16BrNO6. The van der Waals surface area contributed by atoms with Crippen molar-refractivity contribution >= 4 is 27.6 Å². The van der Waals surface area contributed by atoms with Gasteiger partial charge in [-0.3, -0.25) is 10.1 Å². The van der Waals surface area contributed by atoms with Gasteiger partial charge in [-0.1, -0.05) is 15.9 Å². The van der Waals surface area contributed by atoms with Crippen molar-refractivity contribution in [2.75, 3.05) is 19.8 Å². The van der Waals surface area contributed by atoms with E-state index in [1.54, 1.807) is 13.0 Å². The minimum Gasteiger partial charge on any atom is -0.468 e. The van der Waals surface area contributed by atoms with Crippen molar-refractivity contribution in [2.24, 2.45) is 0 Å². The Morgan fingerprint density at radius 3 is 2.73 bits per heavy atom. The molecular weight excluding hydrogens is 358 g/mol. The zero-order chi connectivity index (χ0) is 16.2. The van der Waals surface area contributed by atoms with Gasteiger partial charge < -0.3 is 14.2 Å². The van der Waals surface area contributed by atoms with Gasteiger partial charge >= 0.3 is 11.7 Å². The molecule has 0 aliphatic carbocycles. The molecule has 0 saturated carbocycles. The molecule has 1 aliphatic rings. The second-order valence-electron chi connectivity index (χ2n) is 4.80. The van der Waals surface area contributed by atoms with Crippen LogP contribution >= 0.6 is 15.9 Å². The normalized spacial score (nSPS) is 16.8. The van der Waals surface area contributed by atoms with E-state index in [4.69, 9.17) is 14.2 Å². The summed E-state index contributed by atoms with van der Waals surface area (Å²) in [4.78, 5) is 22.9. The van der Waals surface area contributed by atoms with Gasteiger partial charge in [-0.15, -0.1) is 0 Å². The van der Waals surface area contributed by atoms with E-state index in [0.29, 0.717) is 17.7 Å². The van der Waals surface area contributed by atoms with Crippen molar-refractivity contribution < 1.29 is 23.9 Å². The Morgan fingerprint density at radius 2 is 2.14 bits per heavy atom. The lowest BCUT2D eigenvalue weighted by atomic mass is 9.94. The topological polar surface area (TPSA) is 87.9 Å². The van der Waals surface area contributed by atoms with E-state index in [1.165, 1.54) is 12.1 Å². The van der Waals surface area contributed by atoms with Gasteiger partial charge in [-0.25, -0.2) is 4.79 Å². The molecule has 0 bridgehead atoms. The number of nitrogens with zero attached hydrogens (tertiary/aromatic N) is 1. The maximum Gasteiger partial charge on any atom is 0.350 e. The van der Waals surface area contributed by atoms with Crippen LogP contribution in [0.3, 0.4) is 0 Å². The van der Waals surface area contributed by atoms with Crippen molar-refractivity contribution in [1.29, 1.82) is 0 Å². The van der Waals surface area contributed by atoms with Crippen LogP contribution in [0.4, 0.5) is 5.69 Å². The van der Waals surface area contributed by atoms with Crippen LogP contribution in [0.1, 0.15) is 19.8 Å². The molecule has 7 nitrogen and oxygen atoms in total. The molecule has 8 heteroatoms. The molecule has 1 heterocycles. The molecule has 2 rings (SSSR count). The molecule has 0 unspecified atom stereocenters. The Balaban J connectivity index is 2.37. The first-order valence-corrected chi connectivity index (χ1v) is 7.66. The summed E-state index contributed by atoms with van der Waals surface area (Å²) in [5.74, 6) is -0.484. The highest BCUT2D eigenvalue weighted by Crippen LogP contribution is 2.36. The molecule has 120 valence electrons. The van der Waals surface area contributed by atoms with Crippen molar-refractivity contribution in [3.8, 4) is 5.75 Å². The number of nitro benzene ring substituents is 1. The molecule has 0 radical (unpaired) electrons. The second-order valence-corrected chi connectivity index (χ2v) is 5.71. The molecule has 0 aromatic heterocycles. The zero-order valence-electron chi connectivity index (χ0n) is 12.0. The number of hydrogen-bond donors (Lipinski definition) is 0. The van der Waals surface area contributed by atoms with E-state index in [9.17, 15) is 14.9 Å². The third-order valence-electron chi connectivity index (χ3n) is 3.37. The van der Waals surface area contributed by atoms with E-state index in [-0.39, 0.29) is 30.9 Å². The first-order chi connectivity index (χ1) is 10.5. The van der Waals surface area contributed by atoms with Gasteiger partial charge in [0, 0.05) is 29.4 Å². The fourth-order valence-electron chi connectivity index (χ4n) is 2.24. The lowest BCUT2D eigenvalue weighted by Crippen LogP contribution is -2.50. The van der Waals surface area contributed by atoms with Gasteiger partial charge in [0.1, 0.15) is 0 Å². The lowest BCUT2D eigenvalue weighted by molar-refractivity contribution is -0.386. The number of nitro groups is 1. The molecule has 0 spiro atoms. The van der Waals surface area contributed by atoms with E-state index in [2.05, 4.69) is 15.9 Å². The summed E-state index contributed by atoms with van der Waals surface area (Å²) in [5, 5.41) is 11.1. The molecule has 1 aromatic rings. The van der Waals surface area contributed by atoms with Crippen LogP contribution in [0.15, 0.2) is 22.7 Å². The third-order valence-corrected chi connectivity index (χ3v) is 3.87. The monoisotopic (exact) mass is 373 g/mol. The fourth-order valence-corrected chi connectivity index (χ4v) is 2.58. The van der Waals surface area contributed by atoms with Crippen LogP contribution in [0.25, 0.3) is 0 Å². The standard InChI is InChI=1S/C14H16BrNO6/c1-2-21-13(17)14(5-7-20-8-6-14)22-12-9-10(15)3-4-11(12)16(18)19/h3-4,9H,2,5-8H2,1H3. The Bertz CT molecular complexity index is 570. The molecule has 22 heavy (non-hydrogen) atoms. The number of halogens is 1. The van der Waals surface area contributed by atoms with E-state index in [1.807, 2.05) is 0 Å². The third kappa shape index (κ3) is 3.56. The lowest BCUT2D eigenvalue weighted by Gasteiger charge is -2.34. The van der Waals surface area contributed by atoms with E-state index >= 15 is 0 Å². The van der Waals surface area contributed by atoms with Gasteiger partial charge in [0.2, 0.25) is 5.60 Å². The van der Waals surface area contributed by atoms with Gasteiger partial charge in [-0.2, -0.15) is 0 Å². The molecule has 1 aromatic carbocycles. The highest BCUT2D eigenvalue weighted by Gasteiger charge is 2.45. The number of hydrogen-bond acceptors (Lipinski definition) is 6. The summed E-state index contributed by atoms with van der Waals surface area (Å²) in [6.07, 6.45) is 0.574. The highest BCUT2D eigenvalue weighted by molar-refractivity contribution is 9.10. The second kappa shape index (κ2) is 7.06. The summed E-state index contributed by atoms with van der Waals surface area (Å²) in [5.41, 5.74) is -1.45. The molecule has 0 N–H and O–H groups in total. The number of carbonyl (C=O) groups excluding carboxylic acids is 1. The maximum atomic E-state index is 12.3. The summed E-state index contributed by atoms with van der Waals surface area (Å²) < 4.78 is 16.8. The van der Waals surface area contributed by atoms with Gasteiger partial charge in [-0.05, 0) is 13.0 Å². The van der Waals surface area contributed by atoms with Crippen LogP contribution in [-0.2, 0) is 14.3 Å². The van der Waals surface area contributed by atoms with E-state index in [0.717, 1.165) is 0 Å². The van der Waals surface area contributed by atoms with E-state index < -0.39 is 16.5 Å².